The van der Waals surface area contributed by atoms with Crippen LogP contribution in [0.15, 0.2) is 72.9 Å². The van der Waals surface area contributed by atoms with Crippen molar-refractivity contribution in [2.75, 3.05) is 13.2 Å². The van der Waals surface area contributed by atoms with Crippen molar-refractivity contribution in [1.29, 1.82) is 0 Å². The molecule has 0 radical (unpaired) electrons. The Kier molecular flexibility index (Phi) is 57.8. The first-order chi connectivity index (χ1) is 35.5. The Hall–Kier alpha value is -3.15. The van der Waals surface area contributed by atoms with Crippen molar-refractivity contribution in [1.82, 2.24) is 0 Å². The molecule has 416 valence electrons. The Morgan fingerprint density at radius 1 is 0.292 bits per heavy atom. The van der Waals surface area contributed by atoms with Gasteiger partial charge in [-0.15, -0.1) is 0 Å². The van der Waals surface area contributed by atoms with Crippen LogP contribution in [0.1, 0.15) is 310 Å². The third kappa shape index (κ3) is 57.7. The second-order valence-corrected chi connectivity index (χ2v) is 20.6. The van der Waals surface area contributed by atoms with Crippen LogP contribution in [-0.2, 0) is 28.6 Å². The fourth-order valence-corrected chi connectivity index (χ4v) is 8.82. The Labute approximate surface area is 446 Å². The molecule has 6 heteroatoms. The highest BCUT2D eigenvalue weighted by Crippen LogP contribution is 2.16. The summed E-state index contributed by atoms with van der Waals surface area (Å²) in [6.07, 6.45) is 77.9. The molecule has 0 heterocycles. The molecule has 0 N–H and O–H groups in total. The van der Waals surface area contributed by atoms with Gasteiger partial charge in [0.25, 0.3) is 0 Å². The van der Waals surface area contributed by atoms with E-state index in [1.165, 1.54) is 180 Å². The number of hydrogen-bond acceptors (Lipinski definition) is 6. The van der Waals surface area contributed by atoms with Crippen LogP contribution < -0.4 is 0 Å². The number of allylic oxidation sites excluding steroid dienone is 12. The predicted molar refractivity (Wildman–Crippen MR) is 311 cm³/mol. The number of carbonyl (C=O) groups excluding carboxylic acids is 3. The van der Waals surface area contributed by atoms with E-state index in [2.05, 4.69) is 93.7 Å². The van der Waals surface area contributed by atoms with Crippen LogP contribution in [0, 0.1) is 0 Å². The normalized spacial score (nSPS) is 12.5. The molecule has 0 aliphatic carbocycles. The van der Waals surface area contributed by atoms with Crippen LogP contribution in [-0.4, -0.2) is 37.2 Å². The quantitative estimate of drug-likeness (QED) is 0.0261. The first kappa shape index (κ1) is 68.8. The van der Waals surface area contributed by atoms with Crippen LogP contribution >= 0.6 is 0 Å². The standard InChI is InChI=1S/C66H116O6/c1-4-7-10-13-16-18-20-22-24-26-28-30-32-33-35-36-38-40-42-44-46-48-50-53-56-59-65(68)71-62-63(61-70-64(67)58-55-52-15-12-9-6-3)72-66(69)60-57-54-51-49-47-45-43-41-39-37-34-31-29-27-25-23-21-19-17-14-11-8-5-2/h8,11,17,19-20,22-23,25-26,28-29,31,63H,4-7,9-10,12-16,18,21,24,27,30,32-62H2,1-3H3/b11-8-,19-17-,22-20-,25-23-,28-26-,31-29-. The van der Waals surface area contributed by atoms with Crippen molar-refractivity contribution in [2.45, 2.75) is 316 Å². The van der Waals surface area contributed by atoms with Gasteiger partial charge in [-0.25, -0.2) is 0 Å². The van der Waals surface area contributed by atoms with Crippen LogP contribution in [0.25, 0.3) is 0 Å². The molecular formula is C66H116O6. The zero-order valence-corrected chi connectivity index (χ0v) is 47.7. The maximum Gasteiger partial charge on any atom is 0.306 e. The van der Waals surface area contributed by atoms with E-state index in [9.17, 15) is 14.4 Å². The Morgan fingerprint density at radius 2 is 0.542 bits per heavy atom. The van der Waals surface area contributed by atoms with E-state index < -0.39 is 6.10 Å². The summed E-state index contributed by atoms with van der Waals surface area (Å²) >= 11 is 0. The molecule has 0 bridgehead atoms. The maximum absolute atomic E-state index is 12.8. The zero-order chi connectivity index (χ0) is 52.2. The molecule has 0 aliphatic heterocycles. The van der Waals surface area contributed by atoms with E-state index in [-0.39, 0.29) is 31.1 Å². The van der Waals surface area contributed by atoms with E-state index in [0.29, 0.717) is 19.3 Å². The number of hydrogen-bond donors (Lipinski definition) is 0. The van der Waals surface area contributed by atoms with Gasteiger partial charge in [-0.3, -0.25) is 14.4 Å². The van der Waals surface area contributed by atoms with E-state index in [1.54, 1.807) is 0 Å². The Balaban J connectivity index is 4.10. The van der Waals surface area contributed by atoms with Crippen LogP contribution in [0.5, 0.6) is 0 Å². The van der Waals surface area contributed by atoms with Crippen molar-refractivity contribution in [2.24, 2.45) is 0 Å². The largest absolute Gasteiger partial charge is 0.462 e. The summed E-state index contributed by atoms with van der Waals surface area (Å²) in [4.78, 5) is 38.0. The Morgan fingerprint density at radius 3 is 0.847 bits per heavy atom. The van der Waals surface area contributed by atoms with Gasteiger partial charge in [-0.1, -0.05) is 273 Å². The first-order valence-corrected chi connectivity index (χ1v) is 30.9. The summed E-state index contributed by atoms with van der Waals surface area (Å²) < 4.78 is 16.8. The van der Waals surface area contributed by atoms with E-state index in [1.807, 2.05) is 0 Å². The lowest BCUT2D eigenvalue weighted by molar-refractivity contribution is -0.167. The van der Waals surface area contributed by atoms with Gasteiger partial charge in [-0.2, -0.15) is 0 Å². The average Bonchev–Trinajstić information content (AvgIpc) is 3.38. The van der Waals surface area contributed by atoms with Crippen LogP contribution in [0.4, 0.5) is 0 Å². The third-order valence-electron chi connectivity index (χ3n) is 13.4. The molecule has 6 nitrogen and oxygen atoms in total. The lowest BCUT2D eigenvalue weighted by Gasteiger charge is -2.18. The van der Waals surface area contributed by atoms with E-state index >= 15 is 0 Å². The second-order valence-electron chi connectivity index (χ2n) is 20.6. The Bertz CT molecular complexity index is 1340. The predicted octanol–water partition coefficient (Wildman–Crippen LogP) is 20.9. The summed E-state index contributed by atoms with van der Waals surface area (Å²) in [5.74, 6) is -0.879. The molecule has 0 saturated heterocycles. The lowest BCUT2D eigenvalue weighted by atomic mass is 10.0. The van der Waals surface area contributed by atoms with Gasteiger partial charge in [0.15, 0.2) is 6.10 Å². The summed E-state index contributed by atoms with van der Waals surface area (Å²) in [5, 5.41) is 0. The molecule has 72 heavy (non-hydrogen) atoms. The summed E-state index contributed by atoms with van der Waals surface area (Å²) in [7, 11) is 0. The van der Waals surface area contributed by atoms with E-state index in [4.69, 9.17) is 14.2 Å². The lowest BCUT2D eigenvalue weighted by Crippen LogP contribution is -2.30. The zero-order valence-electron chi connectivity index (χ0n) is 47.7. The molecule has 0 aromatic carbocycles. The van der Waals surface area contributed by atoms with Crippen molar-refractivity contribution in [3.63, 3.8) is 0 Å². The molecule has 0 fully saturated rings. The van der Waals surface area contributed by atoms with Crippen molar-refractivity contribution in [3.8, 4) is 0 Å². The molecule has 0 spiro atoms. The fraction of sp³-hybridized carbons (Fsp3) is 0.773. The van der Waals surface area contributed by atoms with Crippen molar-refractivity contribution in [3.05, 3.63) is 72.9 Å². The molecule has 1 unspecified atom stereocenters. The third-order valence-corrected chi connectivity index (χ3v) is 13.4. The van der Waals surface area contributed by atoms with Crippen LogP contribution in [0.2, 0.25) is 0 Å². The van der Waals surface area contributed by atoms with Gasteiger partial charge in [0.2, 0.25) is 0 Å². The number of rotatable bonds is 56. The van der Waals surface area contributed by atoms with Crippen molar-refractivity contribution >= 4 is 17.9 Å². The highest BCUT2D eigenvalue weighted by molar-refractivity contribution is 5.71. The minimum absolute atomic E-state index is 0.0753. The molecule has 1 atom stereocenters. The van der Waals surface area contributed by atoms with Crippen LogP contribution in [0.3, 0.4) is 0 Å². The molecule has 0 aliphatic rings. The molecule has 0 rings (SSSR count). The SMILES string of the molecule is CC/C=C\C/C=C\C/C=C\C/C=C\CCCCCCCCCCCCC(=O)OC(COC(=O)CCCCCCCC)COC(=O)CCCCCCCCCCCCCCC/C=C\C/C=C\CCCCCCC. The van der Waals surface area contributed by atoms with Gasteiger partial charge in [0, 0.05) is 19.3 Å². The van der Waals surface area contributed by atoms with Gasteiger partial charge < -0.3 is 14.2 Å². The molecule has 0 aromatic rings. The van der Waals surface area contributed by atoms with Gasteiger partial charge >= 0.3 is 17.9 Å². The maximum atomic E-state index is 12.8. The van der Waals surface area contributed by atoms with E-state index in [0.717, 1.165) is 89.9 Å². The minimum Gasteiger partial charge on any atom is -0.462 e. The van der Waals surface area contributed by atoms with Crippen molar-refractivity contribution < 1.29 is 28.6 Å². The fourth-order valence-electron chi connectivity index (χ4n) is 8.82. The average molecular weight is 1010 g/mol. The summed E-state index contributed by atoms with van der Waals surface area (Å²) in [5.41, 5.74) is 0. The van der Waals surface area contributed by atoms with Gasteiger partial charge in [0.05, 0.1) is 0 Å². The molecule has 0 saturated carbocycles. The van der Waals surface area contributed by atoms with Gasteiger partial charge in [-0.05, 0) is 89.9 Å². The number of esters is 3. The highest BCUT2D eigenvalue weighted by Gasteiger charge is 2.19. The first-order valence-electron chi connectivity index (χ1n) is 30.9. The van der Waals surface area contributed by atoms with Gasteiger partial charge in [0.1, 0.15) is 13.2 Å². The summed E-state index contributed by atoms with van der Waals surface area (Å²) in [6.45, 7) is 6.48. The second kappa shape index (κ2) is 60.4. The monoisotopic (exact) mass is 1000 g/mol. The highest BCUT2D eigenvalue weighted by atomic mass is 16.6. The number of carbonyl (C=O) groups is 3. The molecular weight excluding hydrogens is 889 g/mol. The minimum atomic E-state index is -0.775. The smallest absolute Gasteiger partial charge is 0.306 e. The summed E-state index contributed by atoms with van der Waals surface area (Å²) in [6, 6.07) is 0. The number of unbranched alkanes of at least 4 members (excludes halogenated alkanes) is 33. The molecule has 0 amide bonds. The number of ether oxygens (including phenoxy) is 3. The molecule has 0 aromatic heterocycles. The topological polar surface area (TPSA) is 78.9 Å².